The van der Waals surface area contributed by atoms with E-state index in [1.165, 1.54) is 12.1 Å². The Bertz CT molecular complexity index is 66.5. The molecule has 0 radical (unpaired) electrons. The molecule has 0 amide bonds. The largest absolute Gasteiger partial charge is 0.254 e. The second-order valence-corrected chi connectivity index (χ2v) is 4.67. The Balaban J connectivity index is 3.16. The highest BCUT2D eigenvalue weighted by molar-refractivity contribution is 6.58. The molecule has 46 valence electrons. The number of allylic oxidation sites excluding steroid dienone is 2. The summed E-state index contributed by atoms with van der Waals surface area (Å²) in [6.45, 7) is 9.65. The second kappa shape index (κ2) is 4.85. The van der Waals surface area contributed by atoms with Gasteiger partial charge < -0.3 is 0 Å². The Morgan fingerprint density at radius 3 is 1.88 bits per heavy atom. The summed E-state index contributed by atoms with van der Waals surface area (Å²) in [4.78, 5) is 0. The molecule has 0 saturated heterocycles. The highest BCUT2D eigenvalue weighted by Crippen LogP contribution is 1.98. The van der Waals surface area contributed by atoms with Gasteiger partial charge in [-0.3, -0.25) is 8.80 Å². The minimum atomic E-state index is -0.128. The molecule has 0 aliphatic rings. The predicted molar refractivity (Wildman–Crippen MR) is 41.6 cm³/mol. The van der Waals surface area contributed by atoms with Gasteiger partial charge in [0.1, 0.15) is 0 Å². The first-order valence-electron chi connectivity index (χ1n) is 2.84. The van der Waals surface area contributed by atoms with Crippen LogP contribution in [0.5, 0.6) is 0 Å². The molecule has 0 aromatic heterocycles. The van der Waals surface area contributed by atoms with Crippen LogP contribution in [0.25, 0.3) is 0 Å². The molecule has 8 heavy (non-hydrogen) atoms. The van der Waals surface area contributed by atoms with Gasteiger partial charge in [-0.15, -0.1) is 25.3 Å². The molecular weight excluding hydrogens is 112 g/mol. The van der Waals surface area contributed by atoms with Crippen molar-refractivity contribution in [1.82, 2.24) is 0 Å². The first-order chi connectivity index (χ1) is 3.81. The van der Waals surface area contributed by atoms with Crippen LogP contribution in [-0.2, 0) is 0 Å². The lowest BCUT2D eigenvalue weighted by Gasteiger charge is -2.16. The van der Waals surface area contributed by atoms with Crippen LogP contribution in [-0.4, -0.2) is 8.80 Å². The summed E-state index contributed by atoms with van der Waals surface area (Å²) in [5.41, 5.74) is 0. The van der Waals surface area contributed by atoms with Gasteiger partial charge in [0.2, 0.25) is 0 Å². The van der Waals surface area contributed by atoms with Crippen molar-refractivity contribution in [3.8, 4) is 0 Å². The fraction of sp³-hybridized carbons (Fsp3) is 0.429. The van der Waals surface area contributed by atoms with Gasteiger partial charge in [-0.2, -0.15) is 18.6 Å². The molecule has 0 atom stereocenters. The van der Waals surface area contributed by atoms with Crippen molar-refractivity contribution in [2.75, 3.05) is 0 Å². The lowest BCUT2D eigenvalue weighted by Crippen LogP contribution is -2.00. The molecule has 0 bridgehead atoms. The summed E-state index contributed by atoms with van der Waals surface area (Å²) in [6, 6.07) is 2.41. The second-order valence-electron chi connectivity index (χ2n) is 1.94. The van der Waals surface area contributed by atoms with Gasteiger partial charge in [0.05, 0.1) is 0 Å². The fourth-order valence-corrected chi connectivity index (χ4v) is 1.73. The van der Waals surface area contributed by atoms with E-state index >= 15 is 0 Å². The number of hydrogen-bond acceptors (Lipinski definition) is 0. The van der Waals surface area contributed by atoms with Crippen molar-refractivity contribution in [3.05, 3.63) is 25.3 Å². The van der Waals surface area contributed by atoms with Gasteiger partial charge in [0, 0.05) is 0 Å². The Kier molecular flexibility index (Phi) is 4.66. The number of rotatable bonds is 4. The smallest absolute Gasteiger partial charge is 0.106 e. The summed E-state index contributed by atoms with van der Waals surface area (Å²) in [5.74, 6) is 0. The molecule has 0 aromatic carbocycles. The van der Waals surface area contributed by atoms with E-state index in [1.807, 2.05) is 12.2 Å². The van der Waals surface area contributed by atoms with Crippen LogP contribution in [0, 0.1) is 0 Å². The summed E-state index contributed by atoms with van der Waals surface area (Å²) >= 11 is 0. The van der Waals surface area contributed by atoms with Crippen molar-refractivity contribution in [1.29, 1.82) is 0 Å². The van der Waals surface area contributed by atoms with Crippen molar-refractivity contribution >= 4 is 8.80 Å². The fourth-order valence-electron chi connectivity index (χ4n) is 0.576. The third kappa shape index (κ3) is 3.87. The lowest BCUT2D eigenvalue weighted by atomic mass is 10.7. The molecule has 0 aromatic rings. The standard InChI is InChI=1S/C7H13Si/c1-4-6-8(3)7-5-2/h4-5H,1-2,6-7H2,3H3/q-1. The average molecular weight is 125 g/mol. The summed E-state index contributed by atoms with van der Waals surface area (Å²) in [5, 5.41) is 0. The van der Waals surface area contributed by atoms with E-state index in [-0.39, 0.29) is 8.80 Å². The van der Waals surface area contributed by atoms with Crippen molar-refractivity contribution < 1.29 is 0 Å². The van der Waals surface area contributed by atoms with E-state index in [2.05, 4.69) is 19.7 Å². The Morgan fingerprint density at radius 2 is 1.62 bits per heavy atom. The van der Waals surface area contributed by atoms with Gasteiger partial charge in [0.25, 0.3) is 0 Å². The highest BCUT2D eigenvalue weighted by Gasteiger charge is 1.77. The molecule has 0 unspecified atom stereocenters. The van der Waals surface area contributed by atoms with Crippen molar-refractivity contribution in [3.63, 3.8) is 0 Å². The van der Waals surface area contributed by atoms with Crippen LogP contribution in [0.15, 0.2) is 25.3 Å². The molecule has 0 spiro atoms. The Labute approximate surface area is 53.5 Å². The lowest BCUT2D eigenvalue weighted by molar-refractivity contribution is 1.53. The minimum Gasteiger partial charge on any atom is -0.254 e. The zero-order valence-electron chi connectivity index (χ0n) is 5.48. The van der Waals surface area contributed by atoms with E-state index < -0.39 is 0 Å². The molecule has 0 N–H and O–H groups in total. The highest BCUT2D eigenvalue weighted by atomic mass is 28.3. The van der Waals surface area contributed by atoms with Crippen LogP contribution >= 0.6 is 0 Å². The van der Waals surface area contributed by atoms with Crippen LogP contribution in [0.3, 0.4) is 0 Å². The van der Waals surface area contributed by atoms with Gasteiger partial charge in [-0.25, -0.2) is 0 Å². The van der Waals surface area contributed by atoms with E-state index in [0.29, 0.717) is 0 Å². The monoisotopic (exact) mass is 125 g/mol. The molecule has 0 fully saturated rings. The van der Waals surface area contributed by atoms with Gasteiger partial charge in [-0.05, 0) is 0 Å². The summed E-state index contributed by atoms with van der Waals surface area (Å²) in [7, 11) is -0.128. The van der Waals surface area contributed by atoms with Gasteiger partial charge in [-0.1, -0.05) is 0 Å². The van der Waals surface area contributed by atoms with E-state index in [4.69, 9.17) is 0 Å². The SMILES string of the molecule is C=CC[Si-](C)CC=C. The third-order valence-corrected chi connectivity index (χ3v) is 2.96. The van der Waals surface area contributed by atoms with Crippen molar-refractivity contribution in [2.24, 2.45) is 0 Å². The molecule has 0 aliphatic heterocycles. The molecule has 0 aliphatic carbocycles. The Hall–Kier alpha value is -0.303. The molecular formula is C7H13Si-. The zero-order valence-corrected chi connectivity index (χ0v) is 6.48. The molecule has 0 rings (SSSR count). The predicted octanol–water partition coefficient (Wildman–Crippen LogP) is 2.48. The molecule has 0 nitrogen and oxygen atoms in total. The molecule has 0 heterocycles. The molecule has 1 heteroatoms. The van der Waals surface area contributed by atoms with Crippen LogP contribution in [0.1, 0.15) is 0 Å². The van der Waals surface area contributed by atoms with E-state index in [9.17, 15) is 0 Å². The van der Waals surface area contributed by atoms with Crippen molar-refractivity contribution in [2.45, 2.75) is 18.6 Å². The van der Waals surface area contributed by atoms with E-state index in [1.54, 1.807) is 0 Å². The quantitative estimate of drug-likeness (QED) is 0.400. The first-order valence-corrected chi connectivity index (χ1v) is 5.25. The number of hydrogen-bond donors (Lipinski definition) is 0. The third-order valence-electron chi connectivity index (χ3n) is 0.986. The maximum atomic E-state index is 3.67. The average Bonchev–Trinajstić information content (AvgIpc) is 1.68. The zero-order chi connectivity index (χ0) is 6.41. The minimum absolute atomic E-state index is 0.128. The maximum Gasteiger partial charge on any atom is -0.106 e. The first kappa shape index (κ1) is 7.70. The van der Waals surface area contributed by atoms with E-state index in [0.717, 1.165) is 0 Å². The summed E-state index contributed by atoms with van der Waals surface area (Å²) in [6.07, 6.45) is 4.00. The molecule has 0 saturated carbocycles. The topological polar surface area (TPSA) is 0 Å². The van der Waals surface area contributed by atoms with Crippen LogP contribution in [0.4, 0.5) is 0 Å². The van der Waals surface area contributed by atoms with Crippen LogP contribution < -0.4 is 0 Å². The maximum absolute atomic E-state index is 3.67. The normalized spacial score (nSPS) is 9.25. The van der Waals surface area contributed by atoms with Gasteiger partial charge >= 0.3 is 0 Å². The Morgan fingerprint density at radius 1 is 1.25 bits per heavy atom. The van der Waals surface area contributed by atoms with Crippen LogP contribution in [0.2, 0.25) is 18.6 Å². The van der Waals surface area contributed by atoms with Gasteiger partial charge in [0.15, 0.2) is 0 Å². The summed E-state index contributed by atoms with van der Waals surface area (Å²) < 4.78 is 0.